The number of hydrogen-bond donors (Lipinski definition) is 1. The average Bonchev–Trinajstić information content (AvgIpc) is 3.32. The van der Waals surface area contributed by atoms with Crippen LogP contribution in [0.2, 0.25) is 0 Å². The zero-order valence-corrected chi connectivity index (χ0v) is 14.8. The van der Waals surface area contributed by atoms with Gasteiger partial charge >= 0.3 is 0 Å². The Morgan fingerprint density at radius 1 is 1.22 bits per heavy atom. The summed E-state index contributed by atoms with van der Waals surface area (Å²) in [5.74, 6) is 0.00826. The lowest BCUT2D eigenvalue weighted by Crippen LogP contribution is -2.13. The molecule has 1 aromatic carbocycles. The second-order valence-corrected chi connectivity index (χ2v) is 6.47. The zero-order valence-electron chi connectivity index (χ0n) is 14.0. The molecule has 0 saturated carbocycles. The van der Waals surface area contributed by atoms with Crippen LogP contribution in [0.25, 0.3) is 16.4 Å². The van der Waals surface area contributed by atoms with Crippen molar-refractivity contribution in [3.8, 4) is 16.4 Å². The number of carbonyl (C=O) groups is 1. The molecule has 0 unspecified atom stereocenters. The van der Waals surface area contributed by atoms with Crippen molar-refractivity contribution >= 4 is 23.1 Å². The van der Waals surface area contributed by atoms with E-state index in [2.05, 4.69) is 30.4 Å². The SMILES string of the molecule is Cc1nc(-c2ccccc2F)sc1C(=O)Nc1cc(-n2cncn2)ncn1. The number of amides is 1. The first-order valence-electron chi connectivity index (χ1n) is 7.82. The maximum absolute atomic E-state index is 14.0. The molecule has 1 amide bonds. The van der Waals surface area contributed by atoms with Crippen molar-refractivity contribution in [1.29, 1.82) is 0 Å². The van der Waals surface area contributed by atoms with E-state index in [1.165, 1.54) is 29.7 Å². The van der Waals surface area contributed by atoms with Gasteiger partial charge in [-0.2, -0.15) is 5.10 Å². The summed E-state index contributed by atoms with van der Waals surface area (Å²) in [5.41, 5.74) is 0.876. The van der Waals surface area contributed by atoms with Crippen molar-refractivity contribution in [2.75, 3.05) is 5.32 Å². The van der Waals surface area contributed by atoms with Gasteiger partial charge in [-0.05, 0) is 19.1 Å². The molecule has 27 heavy (non-hydrogen) atoms. The van der Waals surface area contributed by atoms with Crippen LogP contribution >= 0.6 is 11.3 Å². The topological polar surface area (TPSA) is 98.5 Å². The highest BCUT2D eigenvalue weighted by Crippen LogP contribution is 2.30. The average molecular weight is 381 g/mol. The maximum atomic E-state index is 14.0. The molecule has 0 aliphatic heterocycles. The van der Waals surface area contributed by atoms with Gasteiger partial charge in [0.15, 0.2) is 5.82 Å². The lowest BCUT2D eigenvalue weighted by Gasteiger charge is -2.04. The minimum Gasteiger partial charge on any atom is -0.306 e. The maximum Gasteiger partial charge on any atom is 0.268 e. The first-order valence-corrected chi connectivity index (χ1v) is 8.64. The highest BCUT2D eigenvalue weighted by Gasteiger charge is 2.18. The third-order valence-electron chi connectivity index (χ3n) is 3.65. The second-order valence-electron chi connectivity index (χ2n) is 5.47. The van der Waals surface area contributed by atoms with E-state index in [0.717, 1.165) is 11.3 Å². The van der Waals surface area contributed by atoms with Crippen molar-refractivity contribution in [1.82, 2.24) is 29.7 Å². The molecule has 0 aliphatic carbocycles. The predicted molar refractivity (Wildman–Crippen MR) is 97.1 cm³/mol. The number of hydrogen-bond acceptors (Lipinski definition) is 7. The molecule has 134 valence electrons. The summed E-state index contributed by atoms with van der Waals surface area (Å²) in [6.45, 7) is 1.70. The summed E-state index contributed by atoms with van der Waals surface area (Å²) in [4.78, 5) is 29.3. The normalized spacial score (nSPS) is 10.7. The van der Waals surface area contributed by atoms with Gasteiger partial charge in [0.05, 0.1) is 5.69 Å². The molecule has 0 radical (unpaired) electrons. The number of nitrogens with one attached hydrogen (secondary N) is 1. The molecule has 10 heteroatoms. The van der Waals surface area contributed by atoms with E-state index < -0.39 is 0 Å². The van der Waals surface area contributed by atoms with Crippen LogP contribution in [0.1, 0.15) is 15.4 Å². The van der Waals surface area contributed by atoms with E-state index >= 15 is 0 Å². The molecule has 0 atom stereocenters. The van der Waals surface area contributed by atoms with Crippen LogP contribution in [0, 0.1) is 12.7 Å². The van der Waals surface area contributed by atoms with Gasteiger partial charge in [-0.1, -0.05) is 12.1 Å². The highest BCUT2D eigenvalue weighted by atomic mass is 32.1. The van der Waals surface area contributed by atoms with Gasteiger partial charge in [-0.3, -0.25) is 4.79 Å². The molecule has 1 N–H and O–H groups in total. The quantitative estimate of drug-likeness (QED) is 0.584. The molecular formula is C17H12FN7OS. The van der Waals surface area contributed by atoms with Gasteiger partial charge in [-0.25, -0.2) is 29.0 Å². The summed E-state index contributed by atoms with van der Waals surface area (Å²) in [6.07, 6.45) is 4.18. The Labute approximate surface area is 156 Å². The Balaban J connectivity index is 1.59. The van der Waals surface area contributed by atoms with Crippen molar-refractivity contribution in [3.63, 3.8) is 0 Å². The van der Waals surface area contributed by atoms with E-state index in [-0.39, 0.29) is 11.7 Å². The Morgan fingerprint density at radius 3 is 2.85 bits per heavy atom. The Morgan fingerprint density at radius 2 is 2.07 bits per heavy atom. The predicted octanol–water partition coefficient (Wildman–Crippen LogP) is 2.88. The van der Waals surface area contributed by atoms with Crippen molar-refractivity contribution in [2.24, 2.45) is 0 Å². The van der Waals surface area contributed by atoms with Gasteiger partial charge in [0.25, 0.3) is 5.91 Å². The van der Waals surface area contributed by atoms with Gasteiger partial charge in [0.2, 0.25) is 0 Å². The largest absolute Gasteiger partial charge is 0.306 e. The molecule has 0 saturated heterocycles. The minimum absolute atomic E-state index is 0.306. The van der Waals surface area contributed by atoms with Crippen LogP contribution in [-0.4, -0.2) is 35.6 Å². The van der Waals surface area contributed by atoms with E-state index in [0.29, 0.717) is 32.8 Å². The van der Waals surface area contributed by atoms with Crippen LogP contribution in [0.4, 0.5) is 10.2 Å². The fourth-order valence-electron chi connectivity index (χ4n) is 2.40. The molecule has 0 aliphatic rings. The fourth-order valence-corrected chi connectivity index (χ4v) is 3.39. The van der Waals surface area contributed by atoms with Crippen molar-refractivity contribution in [2.45, 2.75) is 6.92 Å². The summed E-state index contributed by atoms with van der Waals surface area (Å²) in [6, 6.07) is 7.89. The van der Waals surface area contributed by atoms with Crippen molar-refractivity contribution < 1.29 is 9.18 Å². The number of aromatic nitrogens is 6. The lowest BCUT2D eigenvalue weighted by molar-refractivity contribution is 0.102. The van der Waals surface area contributed by atoms with E-state index in [4.69, 9.17) is 0 Å². The van der Waals surface area contributed by atoms with Gasteiger partial charge < -0.3 is 5.32 Å². The number of benzene rings is 1. The fraction of sp³-hybridized carbons (Fsp3) is 0.0588. The van der Waals surface area contributed by atoms with Crippen LogP contribution in [-0.2, 0) is 0 Å². The molecule has 0 spiro atoms. The van der Waals surface area contributed by atoms with E-state index in [9.17, 15) is 9.18 Å². The highest BCUT2D eigenvalue weighted by molar-refractivity contribution is 7.17. The number of carbonyl (C=O) groups excluding carboxylic acids is 1. The Hall–Kier alpha value is -3.53. The van der Waals surface area contributed by atoms with Crippen LogP contribution in [0.5, 0.6) is 0 Å². The third-order valence-corrected chi connectivity index (χ3v) is 4.84. The number of anilines is 1. The number of halogens is 1. The standard InChI is InChI=1S/C17H12FN7OS/c1-10-15(27-17(23-10)11-4-2-3-5-12(11)18)16(26)24-13-6-14(21-8-20-13)25-9-19-7-22-25/h2-9H,1H3,(H,20,21,24,26). The molecule has 3 aromatic heterocycles. The van der Waals surface area contributed by atoms with E-state index in [1.54, 1.807) is 31.2 Å². The molecule has 4 aromatic rings. The molecule has 3 heterocycles. The zero-order chi connectivity index (χ0) is 18.8. The molecule has 4 rings (SSSR count). The molecule has 8 nitrogen and oxygen atoms in total. The smallest absolute Gasteiger partial charge is 0.268 e. The molecule has 0 fully saturated rings. The minimum atomic E-state index is -0.383. The second kappa shape index (κ2) is 7.00. The third kappa shape index (κ3) is 3.42. The first-order chi connectivity index (χ1) is 13.1. The van der Waals surface area contributed by atoms with Crippen LogP contribution in [0.15, 0.2) is 49.3 Å². The van der Waals surface area contributed by atoms with Gasteiger partial charge in [0.1, 0.15) is 40.5 Å². The number of nitrogens with zero attached hydrogens (tertiary/aromatic N) is 6. The lowest BCUT2D eigenvalue weighted by atomic mass is 10.2. The Kier molecular flexibility index (Phi) is 4.38. The van der Waals surface area contributed by atoms with Crippen molar-refractivity contribution in [3.05, 3.63) is 65.7 Å². The number of thiazole rings is 1. The van der Waals surface area contributed by atoms with Crippen LogP contribution < -0.4 is 5.32 Å². The Bertz CT molecular complexity index is 1110. The summed E-state index contributed by atoms with van der Waals surface area (Å²) in [5, 5.41) is 7.14. The van der Waals surface area contributed by atoms with Gasteiger partial charge in [-0.15, -0.1) is 11.3 Å². The summed E-state index contributed by atoms with van der Waals surface area (Å²) < 4.78 is 15.4. The van der Waals surface area contributed by atoms with E-state index in [1.807, 2.05) is 0 Å². The summed E-state index contributed by atoms with van der Waals surface area (Å²) in [7, 11) is 0. The summed E-state index contributed by atoms with van der Waals surface area (Å²) >= 11 is 1.12. The first kappa shape index (κ1) is 16.9. The number of rotatable bonds is 4. The number of aryl methyl sites for hydroxylation is 1. The van der Waals surface area contributed by atoms with Crippen LogP contribution in [0.3, 0.4) is 0 Å². The monoisotopic (exact) mass is 381 g/mol. The molecule has 0 bridgehead atoms. The van der Waals surface area contributed by atoms with Gasteiger partial charge in [0, 0.05) is 11.6 Å². The molecular weight excluding hydrogens is 369 g/mol.